The molecule has 2 atom stereocenters. The number of nitrogens with zero attached hydrogens (tertiary/aromatic N) is 1. The number of carbonyl (C=O) groups excluding carboxylic acids is 2. The van der Waals surface area contributed by atoms with Crippen LogP contribution in [-0.4, -0.2) is 46.0 Å². The van der Waals surface area contributed by atoms with E-state index in [-0.39, 0.29) is 0 Å². The topological polar surface area (TPSA) is 76.1 Å². The fourth-order valence-electron chi connectivity index (χ4n) is 2.45. The molecule has 116 valence electrons. The van der Waals surface area contributed by atoms with Gasteiger partial charge < -0.3 is 14.6 Å². The van der Waals surface area contributed by atoms with Gasteiger partial charge in [0.25, 0.3) is 0 Å². The zero-order valence-corrected chi connectivity index (χ0v) is 12.9. The number of ether oxygens (including phenoxy) is 2. The van der Waals surface area contributed by atoms with E-state index in [0.717, 1.165) is 0 Å². The zero-order chi connectivity index (χ0) is 15.6. The number of amides is 1. The van der Waals surface area contributed by atoms with Crippen molar-refractivity contribution in [2.75, 3.05) is 6.54 Å². The smallest absolute Gasteiger partial charge is 0.411 e. The Labute approximate surface area is 120 Å². The van der Waals surface area contributed by atoms with Crippen LogP contribution in [0.2, 0.25) is 0 Å². The maximum atomic E-state index is 12.3. The Morgan fingerprint density at radius 1 is 1.40 bits per heavy atom. The summed E-state index contributed by atoms with van der Waals surface area (Å²) in [4.78, 5) is 26.0. The highest BCUT2D eigenvalue weighted by Crippen LogP contribution is 2.35. The highest BCUT2D eigenvalue weighted by Gasteiger charge is 2.51. The van der Waals surface area contributed by atoms with Crippen LogP contribution in [0.15, 0.2) is 0 Å². The third-order valence-electron chi connectivity index (χ3n) is 3.35. The fourth-order valence-corrected chi connectivity index (χ4v) is 2.45. The van der Waals surface area contributed by atoms with Gasteiger partial charge in [0.15, 0.2) is 6.29 Å². The maximum Gasteiger partial charge on any atom is 0.411 e. The highest BCUT2D eigenvalue weighted by atomic mass is 16.6. The van der Waals surface area contributed by atoms with E-state index in [1.165, 1.54) is 11.8 Å². The standard InChI is InChI=1S/C14H25NO5/c1-6-14(11(17)19-10(2)16)8-7-9-15(14)12(18)20-13(3,4)5/h10,16H,6-9H2,1-5H3. The van der Waals surface area contributed by atoms with Crippen LogP contribution in [0.4, 0.5) is 4.79 Å². The lowest BCUT2D eigenvalue weighted by Crippen LogP contribution is -2.55. The summed E-state index contributed by atoms with van der Waals surface area (Å²) < 4.78 is 10.3. The zero-order valence-electron chi connectivity index (χ0n) is 12.9. The van der Waals surface area contributed by atoms with E-state index in [1.807, 2.05) is 6.92 Å². The van der Waals surface area contributed by atoms with E-state index in [9.17, 15) is 14.7 Å². The van der Waals surface area contributed by atoms with Crippen molar-refractivity contribution in [3.05, 3.63) is 0 Å². The third-order valence-corrected chi connectivity index (χ3v) is 3.35. The van der Waals surface area contributed by atoms with Crippen molar-refractivity contribution in [2.24, 2.45) is 0 Å². The molecule has 0 bridgehead atoms. The minimum atomic E-state index is -1.19. The highest BCUT2D eigenvalue weighted by molar-refractivity contribution is 5.86. The molecule has 1 saturated heterocycles. The Hall–Kier alpha value is -1.30. The van der Waals surface area contributed by atoms with Crippen molar-refractivity contribution in [1.82, 2.24) is 4.90 Å². The molecule has 6 nitrogen and oxygen atoms in total. The molecule has 1 amide bonds. The summed E-state index contributed by atoms with van der Waals surface area (Å²) in [5.41, 5.74) is -1.65. The first-order valence-electron chi connectivity index (χ1n) is 7.02. The Bertz CT molecular complexity index is 374. The van der Waals surface area contributed by atoms with Crippen LogP contribution in [0, 0.1) is 0 Å². The van der Waals surface area contributed by atoms with E-state index in [0.29, 0.717) is 25.8 Å². The van der Waals surface area contributed by atoms with Crippen LogP contribution < -0.4 is 0 Å². The molecular formula is C14H25NO5. The summed E-state index contributed by atoms with van der Waals surface area (Å²) in [5, 5.41) is 9.23. The van der Waals surface area contributed by atoms with Crippen molar-refractivity contribution in [2.45, 2.75) is 71.3 Å². The van der Waals surface area contributed by atoms with Crippen molar-refractivity contribution in [3.8, 4) is 0 Å². The molecule has 0 aromatic rings. The van der Waals surface area contributed by atoms with Crippen LogP contribution in [0.1, 0.15) is 53.9 Å². The minimum Gasteiger partial charge on any atom is -0.444 e. The number of aliphatic hydroxyl groups excluding tert-OH is 1. The second-order valence-electron chi connectivity index (χ2n) is 6.13. The van der Waals surface area contributed by atoms with Crippen LogP contribution in [0.5, 0.6) is 0 Å². The molecular weight excluding hydrogens is 262 g/mol. The van der Waals surface area contributed by atoms with Gasteiger partial charge in [-0.15, -0.1) is 0 Å². The second-order valence-corrected chi connectivity index (χ2v) is 6.13. The van der Waals surface area contributed by atoms with Gasteiger partial charge in [0, 0.05) is 6.54 Å². The van der Waals surface area contributed by atoms with E-state index < -0.39 is 29.5 Å². The molecule has 0 aromatic carbocycles. The Morgan fingerprint density at radius 2 is 2.00 bits per heavy atom. The summed E-state index contributed by atoms with van der Waals surface area (Å²) in [5.74, 6) is -0.571. The predicted octanol–water partition coefficient (Wildman–Crippen LogP) is 2.05. The first kappa shape index (κ1) is 16.8. The third kappa shape index (κ3) is 3.62. The Morgan fingerprint density at radius 3 is 2.45 bits per heavy atom. The SMILES string of the molecule is CCC1(C(=O)OC(C)O)CCCN1C(=O)OC(C)(C)C. The van der Waals surface area contributed by atoms with Gasteiger partial charge in [-0.25, -0.2) is 9.59 Å². The monoisotopic (exact) mass is 287 g/mol. The van der Waals surface area contributed by atoms with E-state index in [4.69, 9.17) is 9.47 Å². The molecule has 0 saturated carbocycles. The molecule has 1 fully saturated rings. The van der Waals surface area contributed by atoms with Crippen LogP contribution in [0.25, 0.3) is 0 Å². The largest absolute Gasteiger partial charge is 0.444 e. The summed E-state index contributed by atoms with van der Waals surface area (Å²) in [6.07, 6.45) is -0.0416. The van der Waals surface area contributed by atoms with Gasteiger partial charge in [0.1, 0.15) is 11.1 Å². The van der Waals surface area contributed by atoms with Crippen molar-refractivity contribution in [3.63, 3.8) is 0 Å². The lowest BCUT2D eigenvalue weighted by atomic mass is 9.93. The first-order chi connectivity index (χ1) is 9.12. The van der Waals surface area contributed by atoms with E-state index in [1.54, 1.807) is 20.8 Å². The molecule has 20 heavy (non-hydrogen) atoms. The summed E-state index contributed by atoms with van der Waals surface area (Å²) in [6.45, 7) is 8.99. The lowest BCUT2D eigenvalue weighted by Gasteiger charge is -2.36. The molecule has 0 radical (unpaired) electrons. The van der Waals surface area contributed by atoms with Crippen LogP contribution in [0.3, 0.4) is 0 Å². The molecule has 1 N–H and O–H groups in total. The second kappa shape index (κ2) is 5.99. The molecule has 1 aliphatic heterocycles. The summed E-state index contributed by atoms with van der Waals surface area (Å²) >= 11 is 0. The van der Waals surface area contributed by atoms with Gasteiger partial charge in [-0.2, -0.15) is 0 Å². The molecule has 0 spiro atoms. The number of hydrogen-bond donors (Lipinski definition) is 1. The number of carbonyl (C=O) groups is 2. The quantitative estimate of drug-likeness (QED) is 0.635. The van der Waals surface area contributed by atoms with E-state index in [2.05, 4.69) is 0 Å². The van der Waals surface area contributed by atoms with Gasteiger partial charge in [-0.3, -0.25) is 4.90 Å². The molecule has 2 unspecified atom stereocenters. The van der Waals surface area contributed by atoms with Gasteiger partial charge in [-0.05, 0) is 47.0 Å². The van der Waals surface area contributed by atoms with E-state index >= 15 is 0 Å². The van der Waals surface area contributed by atoms with Crippen molar-refractivity contribution in [1.29, 1.82) is 0 Å². The summed E-state index contributed by atoms with van der Waals surface area (Å²) in [7, 11) is 0. The number of esters is 1. The molecule has 0 aliphatic carbocycles. The Balaban J connectivity index is 2.94. The van der Waals surface area contributed by atoms with Crippen molar-refractivity contribution < 1.29 is 24.2 Å². The van der Waals surface area contributed by atoms with Crippen molar-refractivity contribution >= 4 is 12.1 Å². The summed E-state index contributed by atoms with van der Waals surface area (Å²) in [6, 6.07) is 0. The molecule has 1 heterocycles. The first-order valence-corrected chi connectivity index (χ1v) is 7.02. The molecule has 1 rings (SSSR count). The molecule has 0 aromatic heterocycles. The average Bonchev–Trinajstić information content (AvgIpc) is 2.70. The van der Waals surface area contributed by atoms with Gasteiger partial charge in [0.2, 0.25) is 0 Å². The van der Waals surface area contributed by atoms with Gasteiger partial charge in [-0.1, -0.05) is 6.92 Å². The number of aliphatic hydroxyl groups is 1. The predicted molar refractivity (Wildman–Crippen MR) is 73.0 cm³/mol. The average molecular weight is 287 g/mol. The fraction of sp³-hybridized carbons (Fsp3) is 0.857. The lowest BCUT2D eigenvalue weighted by molar-refractivity contribution is -0.177. The van der Waals surface area contributed by atoms with Gasteiger partial charge >= 0.3 is 12.1 Å². The molecule has 1 aliphatic rings. The van der Waals surface area contributed by atoms with Crippen LogP contribution in [-0.2, 0) is 14.3 Å². The number of likely N-dealkylation sites (tertiary alicyclic amines) is 1. The maximum absolute atomic E-state index is 12.3. The number of rotatable bonds is 3. The Kier molecular flexibility index (Phi) is 5.02. The normalized spacial score (nSPS) is 24.4. The van der Waals surface area contributed by atoms with Crippen LogP contribution >= 0.6 is 0 Å². The number of hydrogen-bond acceptors (Lipinski definition) is 5. The minimum absolute atomic E-state index is 0.428. The molecule has 6 heteroatoms. The van der Waals surface area contributed by atoms with Gasteiger partial charge in [0.05, 0.1) is 0 Å².